The number of carbonyl (C=O) groups is 1. The van der Waals surface area contributed by atoms with Gasteiger partial charge < -0.3 is 4.90 Å². The Labute approximate surface area is 81.3 Å². The Morgan fingerprint density at radius 2 is 2.15 bits per heavy atom. The Hall–Kier alpha value is -0.530. The van der Waals surface area contributed by atoms with Gasteiger partial charge in [-0.05, 0) is 25.7 Å². The number of hydrogen-bond donors (Lipinski definition) is 0. The average Bonchev–Trinajstić information content (AvgIpc) is 2.47. The fraction of sp³-hybridized carbons (Fsp3) is 0.909. The maximum absolute atomic E-state index is 11.7. The molecule has 0 N–H and O–H groups in total. The van der Waals surface area contributed by atoms with Gasteiger partial charge in [-0.15, -0.1) is 0 Å². The van der Waals surface area contributed by atoms with Gasteiger partial charge in [0.25, 0.3) is 0 Å². The fourth-order valence-corrected chi connectivity index (χ4v) is 2.19. The molecule has 1 heterocycles. The van der Waals surface area contributed by atoms with Crippen molar-refractivity contribution in [2.24, 2.45) is 5.92 Å². The fourth-order valence-electron chi connectivity index (χ4n) is 2.19. The second kappa shape index (κ2) is 3.69. The van der Waals surface area contributed by atoms with Gasteiger partial charge in [-0.3, -0.25) is 4.79 Å². The van der Waals surface area contributed by atoms with Crippen LogP contribution in [0.15, 0.2) is 0 Å². The number of amides is 1. The molecule has 2 nitrogen and oxygen atoms in total. The van der Waals surface area contributed by atoms with Crippen LogP contribution in [0, 0.1) is 5.92 Å². The molecule has 0 radical (unpaired) electrons. The molecular formula is C11H21NO. The highest BCUT2D eigenvalue weighted by atomic mass is 16.2. The van der Waals surface area contributed by atoms with Crippen molar-refractivity contribution < 1.29 is 4.79 Å². The Kier molecular flexibility index (Phi) is 2.99. The van der Waals surface area contributed by atoms with E-state index in [1.165, 1.54) is 6.42 Å². The van der Waals surface area contributed by atoms with Crippen LogP contribution in [-0.4, -0.2) is 22.9 Å². The minimum absolute atomic E-state index is 0.118. The summed E-state index contributed by atoms with van der Waals surface area (Å²) in [6, 6.07) is 0. The Morgan fingerprint density at radius 1 is 1.54 bits per heavy atom. The van der Waals surface area contributed by atoms with Gasteiger partial charge in [0, 0.05) is 18.5 Å². The van der Waals surface area contributed by atoms with Gasteiger partial charge >= 0.3 is 0 Å². The number of carbonyl (C=O) groups excluding carboxylic acids is 1. The quantitative estimate of drug-likeness (QED) is 0.644. The molecule has 0 aromatic carbocycles. The largest absolute Gasteiger partial charge is 0.337 e. The van der Waals surface area contributed by atoms with E-state index in [2.05, 4.69) is 25.7 Å². The summed E-state index contributed by atoms with van der Waals surface area (Å²) in [5, 5.41) is 0. The standard InChI is InChI=1S/C11H21NO/c1-5-10(13)12-8-6-7-11(12,4)9(2)3/h9H,5-8H2,1-4H3. The first-order chi connectivity index (χ1) is 6.02. The molecule has 0 aromatic rings. The molecule has 1 saturated heterocycles. The van der Waals surface area contributed by atoms with Gasteiger partial charge in [-0.2, -0.15) is 0 Å². The molecule has 2 heteroatoms. The van der Waals surface area contributed by atoms with Gasteiger partial charge in [0.05, 0.1) is 0 Å². The van der Waals surface area contributed by atoms with Crippen molar-refractivity contribution in [3.63, 3.8) is 0 Å². The average molecular weight is 183 g/mol. The first-order valence-corrected chi connectivity index (χ1v) is 5.33. The highest BCUT2D eigenvalue weighted by Crippen LogP contribution is 2.35. The maximum atomic E-state index is 11.7. The van der Waals surface area contributed by atoms with Gasteiger partial charge in [0.2, 0.25) is 5.91 Å². The van der Waals surface area contributed by atoms with E-state index in [0.717, 1.165) is 13.0 Å². The number of rotatable bonds is 2. The smallest absolute Gasteiger partial charge is 0.222 e. The van der Waals surface area contributed by atoms with Crippen LogP contribution in [0.4, 0.5) is 0 Å². The topological polar surface area (TPSA) is 20.3 Å². The molecule has 1 unspecified atom stereocenters. The second-order valence-corrected chi connectivity index (χ2v) is 4.51. The molecule has 1 fully saturated rings. The van der Waals surface area contributed by atoms with Gasteiger partial charge in [0.1, 0.15) is 0 Å². The molecule has 1 rings (SSSR count). The summed E-state index contributed by atoms with van der Waals surface area (Å²) in [7, 11) is 0. The van der Waals surface area contributed by atoms with Gasteiger partial charge in [-0.1, -0.05) is 20.8 Å². The molecule has 1 aliphatic heterocycles. The van der Waals surface area contributed by atoms with Crippen molar-refractivity contribution >= 4 is 5.91 Å². The van der Waals surface area contributed by atoms with E-state index in [4.69, 9.17) is 0 Å². The van der Waals surface area contributed by atoms with Crippen molar-refractivity contribution in [3.05, 3.63) is 0 Å². The summed E-state index contributed by atoms with van der Waals surface area (Å²) in [5.41, 5.74) is 0.118. The lowest BCUT2D eigenvalue weighted by atomic mass is 9.86. The van der Waals surface area contributed by atoms with E-state index in [1.807, 2.05) is 6.92 Å². The van der Waals surface area contributed by atoms with E-state index in [9.17, 15) is 4.79 Å². The molecule has 1 aliphatic rings. The van der Waals surface area contributed by atoms with Crippen molar-refractivity contribution in [2.45, 2.75) is 52.5 Å². The second-order valence-electron chi connectivity index (χ2n) is 4.51. The molecular weight excluding hydrogens is 162 g/mol. The van der Waals surface area contributed by atoms with Crippen LogP contribution in [0.2, 0.25) is 0 Å². The summed E-state index contributed by atoms with van der Waals surface area (Å²) in [6.07, 6.45) is 2.97. The van der Waals surface area contributed by atoms with Crippen molar-refractivity contribution in [1.29, 1.82) is 0 Å². The molecule has 0 saturated carbocycles. The Morgan fingerprint density at radius 3 is 2.62 bits per heavy atom. The summed E-state index contributed by atoms with van der Waals surface area (Å²) in [5.74, 6) is 0.874. The molecule has 0 aromatic heterocycles. The Bertz CT molecular complexity index is 200. The summed E-state index contributed by atoms with van der Waals surface area (Å²) in [4.78, 5) is 13.7. The number of hydrogen-bond acceptors (Lipinski definition) is 1. The van der Waals surface area contributed by atoms with Crippen LogP contribution in [0.1, 0.15) is 47.0 Å². The van der Waals surface area contributed by atoms with Crippen molar-refractivity contribution in [1.82, 2.24) is 4.90 Å². The third-order valence-electron chi connectivity index (χ3n) is 3.53. The van der Waals surface area contributed by atoms with Crippen LogP contribution < -0.4 is 0 Å². The van der Waals surface area contributed by atoms with E-state index in [1.54, 1.807) is 0 Å². The molecule has 76 valence electrons. The normalized spacial score (nSPS) is 28.5. The van der Waals surface area contributed by atoms with E-state index in [0.29, 0.717) is 18.2 Å². The van der Waals surface area contributed by atoms with Crippen LogP contribution in [0.5, 0.6) is 0 Å². The summed E-state index contributed by atoms with van der Waals surface area (Å²) in [6.45, 7) is 9.55. The molecule has 13 heavy (non-hydrogen) atoms. The zero-order valence-electron chi connectivity index (χ0n) is 9.26. The van der Waals surface area contributed by atoms with E-state index >= 15 is 0 Å². The Balaban J connectivity index is 2.79. The third kappa shape index (κ3) is 1.72. The molecule has 0 aliphatic carbocycles. The van der Waals surface area contributed by atoms with Crippen molar-refractivity contribution in [3.8, 4) is 0 Å². The number of nitrogens with zero attached hydrogens (tertiary/aromatic N) is 1. The lowest BCUT2D eigenvalue weighted by Gasteiger charge is -2.38. The summed E-state index contributed by atoms with van der Waals surface area (Å²) < 4.78 is 0. The lowest BCUT2D eigenvalue weighted by molar-refractivity contribution is -0.135. The van der Waals surface area contributed by atoms with Crippen molar-refractivity contribution in [2.75, 3.05) is 6.54 Å². The SMILES string of the molecule is CCC(=O)N1CCCC1(C)C(C)C. The minimum atomic E-state index is 0.118. The molecule has 0 spiro atoms. The van der Waals surface area contributed by atoms with Gasteiger partial charge in [-0.25, -0.2) is 0 Å². The summed E-state index contributed by atoms with van der Waals surface area (Å²) >= 11 is 0. The van der Waals surface area contributed by atoms with Crippen LogP contribution in [0.3, 0.4) is 0 Å². The lowest BCUT2D eigenvalue weighted by Crippen LogP contribution is -2.48. The predicted octanol–water partition coefficient (Wildman–Crippen LogP) is 2.43. The predicted molar refractivity (Wildman–Crippen MR) is 54.5 cm³/mol. The zero-order valence-corrected chi connectivity index (χ0v) is 9.26. The highest BCUT2D eigenvalue weighted by molar-refractivity contribution is 5.77. The molecule has 1 amide bonds. The first-order valence-electron chi connectivity index (χ1n) is 5.33. The van der Waals surface area contributed by atoms with Gasteiger partial charge in [0.15, 0.2) is 0 Å². The third-order valence-corrected chi connectivity index (χ3v) is 3.53. The van der Waals surface area contributed by atoms with Crippen LogP contribution in [-0.2, 0) is 4.79 Å². The van der Waals surface area contributed by atoms with Crippen LogP contribution in [0.25, 0.3) is 0 Å². The number of likely N-dealkylation sites (tertiary alicyclic amines) is 1. The molecule has 0 bridgehead atoms. The maximum Gasteiger partial charge on any atom is 0.222 e. The highest BCUT2D eigenvalue weighted by Gasteiger charge is 2.40. The zero-order chi connectivity index (χ0) is 10.1. The van der Waals surface area contributed by atoms with Crippen LogP contribution >= 0.6 is 0 Å². The first kappa shape index (κ1) is 10.6. The monoisotopic (exact) mass is 183 g/mol. The molecule has 1 atom stereocenters. The van der Waals surface area contributed by atoms with E-state index in [-0.39, 0.29) is 5.54 Å². The van der Waals surface area contributed by atoms with E-state index < -0.39 is 0 Å². The minimum Gasteiger partial charge on any atom is -0.337 e.